The van der Waals surface area contributed by atoms with Gasteiger partial charge in [0, 0.05) is 13.2 Å². The van der Waals surface area contributed by atoms with Crippen LogP contribution in [0.1, 0.15) is 37.9 Å². The molecule has 1 saturated carbocycles. The lowest BCUT2D eigenvalue weighted by Gasteiger charge is -2.32. The second-order valence-corrected chi connectivity index (χ2v) is 5.08. The van der Waals surface area contributed by atoms with E-state index in [1.165, 1.54) is 19.3 Å². The summed E-state index contributed by atoms with van der Waals surface area (Å²) in [5.74, 6) is 1.01. The first kappa shape index (κ1) is 10.7. The van der Waals surface area contributed by atoms with Crippen LogP contribution in [0.15, 0.2) is 18.5 Å². The average Bonchev–Trinajstić information content (AvgIpc) is 2.69. The van der Waals surface area contributed by atoms with E-state index in [9.17, 15) is 0 Å². The van der Waals surface area contributed by atoms with Gasteiger partial charge in [0.25, 0.3) is 0 Å². The van der Waals surface area contributed by atoms with Gasteiger partial charge in [0.1, 0.15) is 11.3 Å². The standard InChI is InChI=1S/C13H18N4/c1-17-11-5-8-15-9-10(11)16-12(17)13(14)6-3-2-4-7-13/h5,8-9H,2-4,6-7,14H2,1H3. The largest absolute Gasteiger partial charge is 0.329 e. The van der Waals surface area contributed by atoms with E-state index in [2.05, 4.69) is 14.5 Å². The number of fused-ring (bicyclic) bond motifs is 1. The number of pyridine rings is 1. The first-order valence-electron chi connectivity index (χ1n) is 6.26. The van der Waals surface area contributed by atoms with E-state index in [1.807, 2.05) is 19.3 Å². The summed E-state index contributed by atoms with van der Waals surface area (Å²) in [6.07, 6.45) is 9.40. The Bertz CT molecular complexity index is 537. The molecule has 3 rings (SSSR count). The third kappa shape index (κ3) is 1.63. The molecular weight excluding hydrogens is 212 g/mol. The molecule has 0 spiro atoms. The number of rotatable bonds is 1. The zero-order valence-electron chi connectivity index (χ0n) is 10.2. The molecule has 0 radical (unpaired) electrons. The highest BCUT2D eigenvalue weighted by Gasteiger charge is 2.33. The number of hydrogen-bond donors (Lipinski definition) is 1. The maximum absolute atomic E-state index is 6.54. The summed E-state index contributed by atoms with van der Waals surface area (Å²) in [6, 6.07) is 2.00. The van der Waals surface area contributed by atoms with Gasteiger partial charge in [-0.25, -0.2) is 4.98 Å². The van der Waals surface area contributed by atoms with Gasteiger partial charge in [-0.1, -0.05) is 19.3 Å². The van der Waals surface area contributed by atoms with Gasteiger partial charge in [-0.2, -0.15) is 0 Å². The lowest BCUT2D eigenvalue weighted by Crippen LogP contribution is -2.41. The monoisotopic (exact) mass is 230 g/mol. The van der Waals surface area contributed by atoms with Crippen LogP contribution in [-0.2, 0) is 12.6 Å². The average molecular weight is 230 g/mol. The lowest BCUT2D eigenvalue weighted by atomic mass is 9.82. The van der Waals surface area contributed by atoms with Crippen LogP contribution in [0, 0.1) is 0 Å². The Kier molecular flexibility index (Phi) is 2.40. The van der Waals surface area contributed by atoms with Gasteiger partial charge in [0.05, 0.1) is 17.3 Å². The molecule has 0 saturated heterocycles. The van der Waals surface area contributed by atoms with E-state index < -0.39 is 0 Å². The van der Waals surface area contributed by atoms with Crippen molar-refractivity contribution in [1.82, 2.24) is 14.5 Å². The fourth-order valence-corrected chi connectivity index (χ4v) is 2.90. The summed E-state index contributed by atoms with van der Waals surface area (Å²) in [5.41, 5.74) is 8.36. The fraction of sp³-hybridized carbons (Fsp3) is 0.538. The second-order valence-electron chi connectivity index (χ2n) is 5.08. The third-order valence-corrected chi connectivity index (χ3v) is 3.87. The smallest absolute Gasteiger partial charge is 0.129 e. The molecule has 0 aromatic carbocycles. The summed E-state index contributed by atoms with van der Waals surface area (Å²) < 4.78 is 2.13. The van der Waals surface area contributed by atoms with Crippen molar-refractivity contribution in [2.75, 3.05) is 0 Å². The van der Waals surface area contributed by atoms with Gasteiger partial charge in [-0.3, -0.25) is 4.98 Å². The van der Waals surface area contributed by atoms with Crippen LogP contribution < -0.4 is 5.73 Å². The maximum Gasteiger partial charge on any atom is 0.129 e. The Hall–Kier alpha value is -1.42. The van der Waals surface area contributed by atoms with Crippen LogP contribution >= 0.6 is 0 Å². The third-order valence-electron chi connectivity index (χ3n) is 3.87. The molecule has 1 aliphatic carbocycles. The molecule has 4 nitrogen and oxygen atoms in total. The molecule has 2 aromatic heterocycles. The second kappa shape index (κ2) is 3.81. The zero-order valence-corrected chi connectivity index (χ0v) is 10.2. The van der Waals surface area contributed by atoms with Crippen molar-refractivity contribution >= 4 is 11.0 Å². The van der Waals surface area contributed by atoms with E-state index in [-0.39, 0.29) is 5.54 Å². The number of nitrogens with two attached hydrogens (primary N) is 1. The molecule has 2 aromatic rings. The lowest BCUT2D eigenvalue weighted by molar-refractivity contribution is 0.282. The molecule has 4 heteroatoms. The van der Waals surface area contributed by atoms with Crippen molar-refractivity contribution in [2.45, 2.75) is 37.6 Å². The Balaban J connectivity index is 2.13. The molecule has 0 amide bonds. The molecule has 1 aliphatic rings. The summed E-state index contributed by atoms with van der Waals surface area (Å²) in [6.45, 7) is 0. The first-order valence-corrected chi connectivity index (χ1v) is 6.26. The van der Waals surface area contributed by atoms with Gasteiger partial charge >= 0.3 is 0 Å². The number of aryl methyl sites for hydroxylation is 1. The fourth-order valence-electron chi connectivity index (χ4n) is 2.90. The number of hydrogen-bond acceptors (Lipinski definition) is 3. The minimum Gasteiger partial charge on any atom is -0.329 e. The molecule has 17 heavy (non-hydrogen) atoms. The van der Waals surface area contributed by atoms with Crippen molar-refractivity contribution in [3.63, 3.8) is 0 Å². The van der Waals surface area contributed by atoms with Crippen molar-refractivity contribution in [3.05, 3.63) is 24.3 Å². The topological polar surface area (TPSA) is 56.7 Å². The van der Waals surface area contributed by atoms with E-state index in [0.717, 1.165) is 29.7 Å². The summed E-state index contributed by atoms with van der Waals surface area (Å²) >= 11 is 0. The van der Waals surface area contributed by atoms with Gasteiger partial charge in [0.2, 0.25) is 0 Å². The summed E-state index contributed by atoms with van der Waals surface area (Å²) in [4.78, 5) is 8.80. The molecule has 2 N–H and O–H groups in total. The highest BCUT2D eigenvalue weighted by molar-refractivity contribution is 5.74. The predicted molar refractivity (Wildman–Crippen MR) is 67.5 cm³/mol. The highest BCUT2D eigenvalue weighted by atomic mass is 15.1. The summed E-state index contributed by atoms with van der Waals surface area (Å²) in [7, 11) is 2.05. The molecule has 0 aliphatic heterocycles. The van der Waals surface area contributed by atoms with Crippen molar-refractivity contribution in [1.29, 1.82) is 0 Å². The van der Waals surface area contributed by atoms with Crippen LogP contribution in [-0.4, -0.2) is 14.5 Å². The van der Waals surface area contributed by atoms with E-state index in [0.29, 0.717) is 0 Å². The van der Waals surface area contributed by atoms with Gasteiger partial charge in [-0.15, -0.1) is 0 Å². The van der Waals surface area contributed by atoms with Crippen LogP contribution in [0.3, 0.4) is 0 Å². The van der Waals surface area contributed by atoms with Crippen LogP contribution in [0.25, 0.3) is 11.0 Å². The predicted octanol–water partition coefficient (Wildman–Crippen LogP) is 2.09. The minimum absolute atomic E-state index is 0.244. The molecule has 0 atom stereocenters. The van der Waals surface area contributed by atoms with Crippen molar-refractivity contribution in [2.24, 2.45) is 12.8 Å². The minimum atomic E-state index is -0.244. The molecular formula is C13H18N4. The van der Waals surface area contributed by atoms with Crippen molar-refractivity contribution < 1.29 is 0 Å². The zero-order chi connectivity index (χ0) is 11.9. The van der Waals surface area contributed by atoms with Gasteiger partial charge in [0.15, 0.2) is 0 Å². The first-order chi connectivity index (χ1) is 8.21. The molecule has 0 unspecified atom stereocenters. The van der Waals surface area contributed by atoms with Crippen LogP contribution in [0.2, 0.25) is 0 Å². The Labute approximate surface area is 101 Å². The van der Waals surface area contributed by atoms with E-state index >= 15 is 0 Å². The van der Waals surface area contributed by atoms with Gasteiger partial charge < -0.3 is 10.3 Å². The SMILES string of the molecule is Cn1c(C2(N)CCCCC2)nc2cnccc21. The quantitative estimate of drug-likeness (QED) is 0.816. The Morgan fingerprint density at radius 3 is 2.76 bits per heavy atom. The Morgan fingerprint density at radius 2 is 2.06 bits per heavy atom. The number of nitrogens with zero attached hydrogens (tertiary/aromatic N) is 3. The number of imidazole rings is 1. The molecule has 2 heterocycles. The van der Waals surface area contributed by atoms with Crippen LogP contribution in [0.4, 0.5) is 0 Å². The van der Waals surface area contributed by atoms with Gasteiger partial charge in [-0.05, 0) is 18.9 Å². The maximum atomic E-state index is 6.54. The van der Waals surface area contributed by atoms with E-state index in [4.69, 9.17) is 5.73 Å². The highest BCUT2D eigenvalue weighted by Crippen LogP contribution is 2.35. The molecule has 1 fully saturated rings. The van der Waals surface area contributed by atoms with E-state index in [1.54, 1.807) is 6.20 Å². The normalized spacial score (nSPS) is 19.6. The summed E-state index contributed by atoms with van der Waals surface area (Å²) in [5, 5.41) is 0. The molecule has 0 bridgehead atoms. The van der Waals surface area contributed by atoms with Crippen LogP contribution in [0.5, 0.6) is 0 Å². The Morgan fingerprint density at radius 1 is 1.29 bits per heavy atom. The van der Waals surface area contributed by atoms with Crippen molar-refractivity contribution in [3.8, 4) is 0 Å². The molecule has 90 valence electrons. The number of aromatic nitrogens is 3.